The van der Waals surface area contributed by atoms with E-state index in [1.54, 1.807) is 6.92 Å². The molecule has 1 fully saturated rings. The van der Waals surface area contributed by atoms with Crippen LogP contribution in [0.3, 0.4) is 0 Å². The van der Waals surface area contributed by atoms with Crippen molar-refractivity contribution in [2.24, 2.45) is 5.41 Å². The van der Waals surface area contributed by atoms with Gasteiger partial charge in [-0.25, -0.2) is 0 Å². The van der Waals surface area contributed by atoms with Crippen molar-refractivity contribution in [2.45, 2.75) is 33.2 Å². The zero-order chi connectivity index (χ0) is 12.5. The molecule has 6 heteroatoms. The molecule has 94 valence electrons. The van der Waals surface area contributed by atoms with Crippen LogP contribution in [-0.2, 0) is 17.8 Å². The molecule has 1 aliphatic heterocycles. The minimum Gasteiger partial charge on any atom is -0.481 e. The van der Waals surface area contributed by atoms with E-state index >= 15 is 0 Å². The van der Waals surface area contributed by atoms with Gasteiger partial charge in [-0.2, -0.15) is 4.98 Å². The summed E-state index contributed by atoms with van der Waals surface area (Å²) in [5.74, 6) is 0.524. The lowest BCUT2D eigenvalue weighted by Crippen LogP contribution is -2.31. The highest BCUT2D eigenvalue weighted by Crippen LogP contribution is 2.30. The van der Waals surface area contributed by atoms with E-state index in [9.17, 15) is 4.79 Å². The molecule has 1 unspecified atom stereocenters. The Kier molecular flexibility index (Phi) is 3.15. The number of hydrogen-bond donors (Lipinski definition) is 1. The van der Waals surface area contributed by atoms with Crippen LogP contribution in [0, 0.1) is 5.41 Å². The van der Waals surface area contributed by atoms with Gasteiger partial charge in [0.2, 0.25) is 5.89 Å². The molecule has 1 aliphatic rings. The summed E-state index contributed by atoms with van der Waals surface area (Å²) in [7, 11) is 0. The van der Waals surface area contributed by atoms with Crippen molar-refractivity contribution < 1.29 is 14.4 Å². The summed E-state index contributed by atoms with van der Waals surface area (Å²) < 4.78 is 5.10. The maximum Gasteiger partial charge on any atom is 0.310 e. The molecule has 1 aromatic heterocycles. The number of rotatable bonds is 4. The van der Waals surface area contributed by atoms with Crippen molar-refractivity contribution in [3.05, 3.63) is 11.7 Å². The summed E-state index contributed by atoms with van der Waals surface area (Å²) in [6.45, 7) is 5.57. The lowest BCUT2D eigenvalue weighted by molar-refractivity contribution is -0.147. The Balaban J connectivity index is 1.96. The lowest BCUT2D eigenvalue weighted by atomic mass is 9.90. The highest BCUT2D eigenvalue weighted by atomic mass is 16.5. The molecule has 0 saturated carbocycles. The molecule has 1 saturated heterocycles. The second-order valence-electron chi connectivity index (χ2n) is 4.78. The van der Waals surface area contributed by atoms with Crippen LogP contribution in [0.5, 0.6) is 0 Å². The summed E-state index contributed by atoms with van der Waals surface area (Å²) in [5.41, 5.74) is -0.645. The van der Waals surface area contributed by atoms with E-state index in [0.29, 0.717) is 31.2 Å². The Morgan fingerprint density at radius 2 is 2.41 bits per heavy atom. The number of aromatic nitrogens is 2. The third-order valence-corrected chi connectivity index (χ3v) is 3.25. The first-order valence-corrected chi connectivity index (χ1v) is 5.81. The first kappa shape index (κ1) is 12.0. The van der Waals surface area contributed by atoms with Crippen molar-refractivity contribution in [3.63, 3.8) is 0 Å². The smallest absolute Gasteiger partial charge is 0.310 e. The van der Waals surface area contributed by atoms with E-state index in [2.05, 4.69) is 10.1 Å². The van der Waals surface area contributed by atoms with Gasteiger partial charge in [-0.15, -0.1) is 0 Å². The molecule has 0 bridgehead atoms. The zero-order valence-electron chi connectivity index (χ0n) is 10.1. The van der Waals surface area contributed by atoms with Crippen molar-refractivity contribution in [3.8, 4) is 0 Å². The van der Waals surface area contributed by atoms with E-state index in [4.69, 9.17) is 9.63 Å². The fourth-order valence-electron chi connectivity index (χ4n) is 2.06. The van der Waals surface area contributed by atoms with Gasteiger partial charge < -0.3 is 9.63 Å². The maximum absolute atomic E-state index is 11.1. The van der Waals surface area contributed by atoms with E-state index in [1.165, 1.54) is 0 Å². The van der Waals surface area contributed by atoms with Crippen molar-refractivity contribution in [2.75, 3.05) is 13.1 Å². The predicted octanol–water partition coefficient (Wildman–Crippen LogP) is 0.929. The highest BCUT2D eigenvalue weighted by molar-refractivity contribution is 5.74. The summed E-state index contributed by atoms with van der Waals surface area (Å²) in [4.78, 5) is 17.4. The van der Waals surface area contributed by atoms with E-state index in [1.807, 2.05) is 11.8 Å². The highest BCUT2D eigenvalue weighted by Gasteiger charge is 2.40. The number of carboxylic acid groups (broad SMARTS) is 1. The zero-order valence-corrected chi connectivity index (χ0v) is 10.1. The van der Waals surface area contributed by atoms with Gasteiger partial charge in [0.25, 0.3) is 0 Å². The molecule has 1 N–H and O–H groups in total. The van der Waals surface area contributed by atoms with Gasteiger partial charge in [0.1, 0.15) is 0 Å². The second-order valence-corrected chi connectivity index (χ2v) is 4.78. The molecule has 2 rings (SSSR count). The van der Waals surface area contributed by atoms with Crippen LogP contribution in [0.25, 0.3) is 0 Å². The molecular weight excluding hydrogens is 222 g/mol. The second kappa shape index (κ2) is 4.44. The van der Waals surface area contributed by atoms with Gasteiger partial charge in [0.05, 0.1) is 12.0 Å². The minimum atomic E-state index is -0.736. The predicted molar refractivity (Wildman–Crippen MR) is 59.3 cm³/mol. The maximum atomic E-state index is 11.1. The largest absolute Gasteiger partial charge is 0.481 e. The van der Waals surface area contributed by atoms with Crippen LogP contribution in [0.15, 0.2) is 4.52 Å². The Morgan fingerprint density at radius 3 is 2.94 bits per heavy atom. The number of carboxylic acids is 1. The first-order valence-electron chi connectivity index (χ1n) is 5.81. The van der Waals surface area contributed by atoms with Crippen LogP contribution in [0.1, 0.15) is 32.0 Å². The standard InChI is InChI=1S/C11H17N3O3/c1-3-8-12-9(17-13-8)6-14-5-4-11(2,7-14)10(15)16/h3-7H2,1-2H3,(H,15,16). The van der Waals surface area contributed by atoms with Gasteiger partial charge in [0, 0.05) is 13.0 Å². The normalized spacial score (nSPS) is 25.3. The third kappa shape index (κ3) is 2.46. The van der Waals surface area contributed by atoms with E-state index in [-0.39, 0.29) is 0 Å². The fraction of sp³-hybridized carbons (Fsp3) is 0.727. The molecule has 6 nitrogen and oxygen atoms in total. The SMILES string of the molecule is CCc1noc(CN2CCC(C)(C(=O)O)C2)n1. The monoisotopic (exact) mass is 239 g/mol. The third-order valence-electron chi connectivity index (χ3n) is 3.25. The number of nitrogens with zero attached hydrogens (tertiary/aromatic N) is 3. The van der Waals surface area contributed by atoms with Crippen molar-refractivity contribution in [1.29, 1.82) is 0 Å². The Morgan fingerprint density at radius 1 is 1.65 bits per heavy atom. The molecule has 1 atom stereocenters. The topological polar surface area (TPSA) is 79.5 Å². The average Bonchev–Trinajstić information content (AvgIpc) is 2.87. The Labute approximate surface area is 99.6 Å². The van der Waals surface area contributed by atoms with Gasteiger partial charge in [-0.1, -0.05) is 12.1 Å². The summed E-state index contributed by atoms with van der Waals surface area (Å²) in [6.07, 6.45) is 1.41. The molecule has 2 heterocycles. The van der Waals surface area contributed by atoms with Gasteiger partial charge in [-0.05, 0) is 19.9 Å². The Bertz CT molecular complexity index is 418. The van der Waals surface area contributed by atoms with Crippen LogP contribution < -0.4 is 0 Å². The average molecular weight is 239 g/mol. The lowest BCUT2D eigenvalue weighted by Gasteiger charge is -2.18. The molecule has 0 aliphatic carbocycles. The van der Waals surface area contributed by atoms with Crippen LogP contribution in [0.2, 0.25) is 0 Å². The summed E-state index contributed by atoms with van der Waals surface area (Å²) in [6, 6.07) is 0. The first-order chi connectivity index (χ1) is 8.03. The van der Waals surface area contributed by atoms with Crippen LogP contribution in [-0.4, -0.2) is 39.2 Å². The summed E-state index contributed by atoms with van der Waals surface area (Å²) >= 11 is 0. The van der Waals surface area contributed by atoms with Crippen molar-refractivity contribution >= 4 is 5.97 Å². The van der Waals surface area contributed by atoms with Gasteiger partial charge >= 0.3 is 5.97 Å². The minimum absolute atomic E-state index is 0.534. The Hall–Kier alpha value is -1.43. The van der Waals surface area contributed by atoms with Crippen LogP contribution >= 0.6 is 0 Å². The molecule has 0 spiro atoms. The van der Waals surface area contributed by atoms with Gasteiger partial charge in [-0.3, -0.25) is 9.69 Å². The van der Waals surface area contributed by atoms with E-state index < -0.39 is 11.4 Å². The number of hydrogen-bond acceptors (Lipinski definition) is 5. The molecule has 0 radical (unpaired) electrons. The molecule has 1 aromatic rings. The summed E-state index contributed by atoms with van der Waals surface area (Å²) in [5, 5.41) is 12.9. The van der Waals surface area contributed by atoms with E-state index in [0.717, 1.165) is 13.0 Å². The quantitative estimate of drug-likeness (QED) is 0.842. The van der Waals surface area contributed by atoms with Crippen molar-refractivity contribution in [1.82, 2.24) is 15.0 Å². The van der Waals surface area contributed by atoms with Crippen LogP contribution in [0.4, 0.5) is 0 Å². The van der Waals surface area contributed by atoms with Gasteiger partial charge in [0.15, 0.2) is 5.82 Å². The number of likely N-dealkylation sites (tertiary alicyclic amines) is 1. The number of aliphatic carboxylic acids is 1. The molecule has 0 amide bonds. The number of carbonyl (C=O) groups is 1. The fourth-order valence-corrected chi connectivity index (χ4v) is 2.06. The number of aryl methyl sites for hydroxylation is 1. The molecule has 0 aromatic carbocycles. The molecular formula is C11H17N3O3. The molecule has 17 heavy (non-hydrogen) atoms.